The van der Waals surface area contributed by atoms with E-state index in [1.807, 2.05) is 18.1 Å². The predicted molar refractivity (Wildman–Crippen MR) is 111 cm³/mol. The molecule has 10 nitrogen and oxygen atoms in total. The number of likely N-dealkylation sites (tertiary alicyclic amines) is 1. The molecule has 1 aromatic rings. The number of aryl methyl sites for hydroxylation is 1. The first-order valence-electron chi connectivity index (χ1n) is 11.1. The van der Waals surface area contributed by atoms with Gasteiger partial charge in [-0.25, -0.2) is 0 Å². The quantitative estimate of drug-likeness (QED) is 0.519. The second-order valence-electron chi connectivity index (χ2n) is 8.85. The Kier molecular flexibility index (Phi) is 6.90. The fourth-order valence-electron chi connectivity index (χ4n) is 4.73. The van der Waals surface area contributed by atoms with Crippen LogP contribution in [-0.4, -0.2) is 87.8 Å². The molecule has 172 valence electrons. The van der Waals surface area contributed by atoms with Gasteiger partial charge >= 0.3 is 0 Å². The van der Waals surface area contributed by atoms with Crippen LogP contribution in [0.1, 0.15) is 38.2 Å². The first-order chi connectivity index (χ1) is 14.9. The van der Waals surface area contributed by atoms with Gasteiger partial charge in [0, 0.05) is 64.4 Å². The van der Waals surface area contributed by atoms with Crippen molar-refractivity contribution in [2.75, 3.05) is 19.6 Å². The molecule has 2 amide bonds. The highest BCUT2D eigenvalue weighted by Gasteiger charge is 2.50. The molecule has 4 rings (SSSR count). The van der Waals surface area contributed by atoms with Gasteiger partial charge in [0.05, 0.1) is 30.9 Å². The van der Waals surface area contributed by atoms with Crippen LogP contribution < -0.4 is 10.6 Å². The summed E-state index contributed by atoms with van der Waals surface area (Å²) in [7, 11) is 1.84. The average molecular weight is 436 g/mol. The summed E-state index contributed by atoms with van der Waals surface area (Å²) in [4.78, 5) is 25.5. The van der Waals surface area contributed by atoms with Gasteiger partial charge in [-0.2, -0.15) is 5.10 Å². The van der Waals surface area contributed by atoms with Crippen LogP contribution in [0.5, 0.6) is 0 Å². The van der Waals surface area contributed by atoms with E-state index in [1.165, 1.54) is 0 Å². The van der Waals surface area contributed by atoms with E-state index < -0.39 is 6.10 Å². The standard InChI is InChI=1S/C21H33N5O5/c1-13(27)26-5-3-15(4-6-26)22-11-18-20(29)21-17(31-18)7-16(30-21)8-19(28)23-9-14-10-24-25(2)12-14/h10,12,15-18,20-22,29H,3-9,11H2,1-2H3,(H,23,28). The Balaban J connectivity index is 1.16. The van der Waals surface area contributed by atoms with Crippen LogP contribution in [0.2, 0.25) is 0 Å². The Morgan fingerprint density at radius 1 is 1.29 bits per heavy atom. The number of nitrogens with zero attached hydrogens (tertiary/aromatic N) is 3. The highest BCUT2D eigenvalue weighted by Crippen LogP contribution is 2.35. The Labute approximate surface area is 182 Å². The molecule has 3 fully saturated rings. The normalized spacial score (nSPS) is 31.1. The van der Waals surface area contributed by atoms with Crippen molar-refractivity contribution in [2.45, 2.75) is 75.7 Å². The third kappa shape index (κ3) is 5.43. The molecule has 5 unspecified atom stereocenters. The highest BCUT2D eigenvalue weighted by molar-refractivity contribution is 5.76. The molecule has 0 radical (unpaired) electrons. The van der Waals surface area contributed by atoms with Crippen LogP contribution in [0.3, 0.4) is 0 Å². The summed E-state index contributed by atoms with van der Waals surface area (Å²) in [5.41, 5.74) is 0.945. The number of nitrogens with one attached hydrogen (secondary N) is 2. The summed E-state index contributed by atoms with van der Waals surface area (Å²) in [6, 6.07) is 0.323. The molecule has 5 atom stereocenters. The molecule has 0 aromatic carbocycles. The average Bonchev–Trinajstić information content (AvgIpc) is 3.41. The van der Waals surface area contributed by atoms with Crippen LogP contribution in [0.15, 0.2) is 12.4 Å². The number of amides is 2. The zero-order chi connectivity index (χ0) is 22.0. The van der Waals surface area contributed by atoms with E-state index in [-0.39, 0.29) is 42.7 Å². The molecule has 3 N–H and O–H groups in total. The summed E-state index contributed by atoms with van der Waals surface area (Å²) in [5.74, 6) is 0.0386. The molecule has 1 aromatic heterocycles. The number of carbonyl (C=O) groups is 2. The van der Waals surface area contributed by atoms with Crippen molar-refractivity contribution in [3.63, 3.8) is 0 Å². The smallest absolute Gasteiger partial charge is 0.222 e. The third-order valence-corrected chi connectivity index (χ3v) is 6.49. The summed E-state index contributed by atoms with van der Waals surface area (Å²) in [5, 5.41) is 21.1. The van der Waals surface area contributed by atoms with Gasteiger partial charge in [0.25, 0.3) is 0 Å². The molecule has 0 aliphatic carbocycles. The zero-order valence-electron chi connectivity index (χ0n) is 18.2. The minimum Gasteiger partial charge on any atom is -0.388 e. The van der Waals surface area contributed by atoms with Crippen molar-refractivity contribution in [1.82, 2.24) is 25.3 Å². The van der Waals surface area contributed by atoms with Crippen molar-refractivity contribution >= 4 is 11.8 Å². The molecule has 10 heteroatoms. The van der Waals surface area contributed by atoms with E-state index in [4.69, 9.17) is 9.47 Å². The van der Waals surface area contributed by atoms with Crippen LogP contribution in [0.25, 0.3) is 0 Å². The molecule has 3 aliphatic heterocycles. The Bertz CT molecular complexity index is 778. The van der Waals surface area contributed by atoms with Gasteiger partial charge in [-0.3, -0.25) is 14.3 Å². The number of hydrogen-bond donors (Lipinski definition) is 3. The monoisotopic (exact) mass is 435 g/mol. The summed E-state index contributed by atoms with van der Waals surface area (Å²) >= 11 is 0. The maximum Gasteiger partial charge on any atom is 0.222 e. The van der Waals surface area contributed by atoms with Crippen molar-refractivity contribution in [2.24, 2.45) is 7.05 Å². The maximum absolute atomic E-state index is 12.2. The molecule has 3 saturated heterocycles. The number of rotatable bonds is 7. The van der Waals surface area contributed by atoms with Gasteiger partial charge in [-0.05, 0) is 12.8 Å². The number of piperidine rings is 1. The van der Waals surface area contributed by atoms with E-state index in [1.54, 1.807) is 17.8 Å². The number of aromatic nitrogens is 2. The second-order valence-corrected chi connectivity index (χ2v) is 8.85. The Morgan fingerprint density at radius 3 is 2.71 bits per heavy atom. The molecule has 3 aliphatic rings. The van der Waals surface area contributed by atoms with Gasteiger partial charge in [0.15, 0.2) is 0 Å². The van der Waals surface area contributed by atoms with Crippen molar-refractivity contribution in [1.29, 1.82) is 0 Å². The van der Waals surface area contributed by atoms with Crippen LogP contribution in [0.4, 0.5) is 0 Å². The van der Waals surface area contributed by atoms with E-state index in [0.29, 0.717) is 25.6 Å². The van der Waals surface area contributed by atoms with Gasteiger partial charge < -0.3 is 30.1 Å². The lowest BCUT2D eigenvalue weighted by molar-refractivity contribution is -0.130. The summed E-state index contributed by atoms with van der Waals surface area (Å²) in [6.07, 6.45) is 4.41. The van der Waals surface area contributed by atoms with Gasteiger partial charge in [0.2, 0.25) is 11.8 Å². The minimum absolute atomic E-state index is 0.0848. The summed E-state index contributed by atoms with van der Waals surface area (Å²) < 4.78 is 13.7. The third-order valence-electron chi connectivity index (χ3n) is 6.49. The largest absolute Gasteiger partial charge is 0.388 e. The van der Waals surface area contributed by atoms with Crippen molar-refractivity contribution < 1.29 is 24.2 Å². The fourth-order valence-corrected chi connectivity index (χ4v) is 4.73. The van der Waals surface area contributed by atoms with Crippen molar-refractivity contribution in [3.05, 3.63) is 18.0 Å². The summed E-state index contributed by atoms with van der Waals surface area (Å²) in [6.45, 7) is 4.12. The first-order valence-corrected chi connectivity index (χ1v) is 11.1. The topological polar surface area (TPSA) is 118 Å². The fraction of sp³-hybridized carbons (Fsp3) is 0.762. The lowest BCUT2D eigenvalue weighted by Crippen LogP contribution is -2.47. The van der Waals surface area contributed by atoms with E-state index >= 15 is 0 Å². The van der Waals surface area contributed by atoms with Crippen LogP contribution in [-0.2, 0) is 32.7 Å². The van der Waals surface area contributed by atoms with Gasteiger partial charge in [-0.1, -0.05) is 0 Å². The Hall–Kier alpha value is -2.01. The highest BCUT2D eigenvalue weighted by atomic mass is 16.6. The first kappa shape index (κ1) is 22.2. The molecule has 4 heterocycles. The predicted octanol–water partition coefficient (Wildman–Crippen LogP) is -0.687. The lowest BCUT2D eigenvalue weighted by Gasteiger charge is -2.32. The van der Waals surface area contributed by atoms with E-state index in [0.717, 1.165) is 31.5 Å². The molecule has 31 heavy (non-hydrogen) atoms. The minimum atomic E-state index is -0.710. The van der Waals surface area contributed by atoms with Gasteiger partial charge in [0.1, 0.15) is 12.2 Å². The lowest BCUT2D eigenvalue weighted by atomic mass is 10.0. The molecule has 0 spiro atoms. The molecular weight excluding hydrogens is 402 g/mol. The number of hydrogen-bond acceptors (Lipinski definition) is 7. The van der Waals surface area contributed by atoms with Crippen molar-refractivity contribution in [3.8, 4) is 0 Å². The number of fused-ring (bicyclic) bond motifs is 1. The SMILES string of the molecule is CC(=O)N1CCC(NCC2OC3CC(CC(=O)NCc4cnn(C)c4)OC3C2O)CC1. The zero-order valence-corrected chi connectivity index (χ0v) is 18.2. The molecular formula is C21H33N5O5. The molecule has 0 saturated carbocycles. The number of aliphatic hydroxyl groups is 1. The maximum atomic E-state index is 12.2. The number of carbonyl (C=O) groups excluding carboxylic acids is 2. The molecule has 0 bridgehead atoms. The van der Waals surface area contributed by atoms with E-state index in [9.17, 15) is 14.7 Å². The van der Waals surface area contributed by atoms with Gasteiger partial charge in [-0.15, -0.1) is 0 Å². The van der Waals surface area contributed by atoms with Crippen LogP contribution >= 0.6 is 0 Å². The van der Waals surface area contributed by atoms with Crippen LogP contribution in [0, 0.1) is 0 Å². The number of ether oxygens (including phenoxy) is 2. The number of aliphatic hydroxyl groups excluding tert-OH is 1. The Morgan fingerprint density at radius 2 is 2.06 bits per heavy atom. The second kappa shape index (κ2) is 9.64. The van der Waals surface area contributed by atoms with E-state index in [2.05, 4.69) is 15.7 Å².